The molecule has 0 aromatic heterocycles. The van der Waals surface area contributed by atoms with Gasteiger partial charge in [-0.1, -0.05) is 24.3 Å². The van der Waals surface area contributed by atoms with Crippen LogP contribution in [0.3, 0.4) is 0 Å². The first-order chi connectivity index (χ1) is 8.15. The summed E-state index contributed by atoms with van der Waals surface area (Å²) in [5.41, 5.74) is 2.97. The van der Waals surface area contributed by atoms with Crippen LogP contribution in [0, 0.1) is 0 Å². The Kier molecular flexibility index (Phi) is 4.35. The third-order valence-electron chi connectivity index (χ3n) is 3.41. The van der Waals surface area contributed by atoms with Crippen LogP contribution in [0.1, 0.15) is 24.5 Å². The lowest BCUT2D eigenvalue weighted by Gasteiger charge is -2.18. The molecular formula is C14H21NOS. The number of hydrogen-bond donors (Lipinski definition) is 1. The van der Waals surface area contributed by atoms with Gasteiger partial charge >= 0.3 is 0 Å². The van der Waals surface area contributed by atoms with Gasteiger partial charge in [0.15, 0.2) is 0 Å². The average molecular weight is 251 g/mol. The molecule has 1 aromatic carbocycles. The molecule has 0 aliphatic heterocycles. The predicted molar refractivity (Wildman–Crippen MR) is 73.8 cm³/mol. The van der Waals surface area contributed by atoms with Crippen molar-refractivity contribution in [1.29, 1.82) is 0 Å². The van der Waals surface area contributed by atoms with Crippen LogP contribution in [0.25, 0.3) is 0 Å². The van der Waals surface area contributed by atoms with E-state index in [1.54, 1.807) is 6.26 Å². The number of fused-ring (bicyclic) bond motifs is 1. The normalized spacial score (nSPS) is 18.9. The van der Waals surface area contributed by atoms with E-state index in [-0.39, 0.29) is 0 Å². The maximum absolute atomic E-state index is 11.0. The van der Waals surface area contributed by atoms with Crippen LogP contribution >= 0.6 is 0 Å². The Morgan fingerprint density at radius 1 is 1.35 bits per heavy atom. The minimum absolute atomic E-state index is 0.457. The summed E-state index contributed by atoms with van der Waals surface area (Å²) in [6.07, 6.45) is 5.04. The molecule has 3 heteroatoms. The van der Waals surface area contributed by atoms with E-state index in [1.165, 1.54) is 11.1 Å². The minimum Gasteiger partial charge on any atom is -0.311 e. The summed E-state index contributed by atoms with van der Waals surface area (Å²) >= 11 is 0. The number of benzene rings is 1. The first kappa shape index (κ1) is 12.8. The van der Waals surface area contributed by atoms with Gasteiger partial charge in [0.2, 0.25) is 0 Å². The predicted octanol–water partition coefficient (Wildman–Crippen LogP) is 1.90. The van der Waals surface area contributed by atoms with Gasteiger partial charge in [0, 0.05) is 34.9 Å². The van der Waals surface area contributed by atoms with Crippen LogP contribution in [0.5, 0.6) is 0 Å². The van der Waals surface area contributed by atoms with Crippen molar-refractivity contribution in [3.05, 3.63) is 35.4 Å². The average Bonchev–Trinajstić information content (AvgIpc) is 2.68. The van der Waals surface area contributed by atoms with Crippen molar-refractivity contribution in [2.24, 2.45) is 0 Å². The van der Waals surface area contributed by atoms with Crippen LogP contribution in [0.4, 0.5) is 0 Å². The van der Waals surface area contributed by atoms with E-state index in [1.807, 2.05) is 0 Å². The molecule has 0 amide bonds. The van der Waals surface area contributed by atoms with Gasteiger partial charge in [-0.2, -0.15) is 0 Å². The van der Waals surface area contributed by atoms with Crippen molar-refractivity contribution in [2.75, 3.05) is 12.0 Å². The standard InChI is InChI=1S/C14H21NOS/c1-11(7-8-17(2)16)15-14-9-12-5-3-4-6-13(12)10-14/h3-6,11,14-15H,7-10H2,1-2H3. The molecule has 2 atom stereocenters. The van der Waals surface area contributed by atoms with Crippen LogP contribution in [-0.2, 0) is 23.6 Å². The fraction of sp³-hybridized carbons (Fsp3) is 0.571. The lowest BCUT2D eigenvalue weighted by Crippen LogP contribution is -2.37. The summed E-state index contributed by atoms with van der Waals surface area (Å²) in [5.74, 6) is 0.799. The smallest absolute Gasteiger partial charge is 0.0246 e. The highest BCUT2D eigenvalue weighted by molar-refractivity contribution is 7.84. The molecule has 2 rings (SSSR count). The highest BCUT2D eigenvalue weighted by atomic mass is 32.2. The first-order valence-corrected chi connectivity index (χ1v) is 8.00. The highest BCUT2D eigenvalue weighted by Gasteiger charge is 2.21. The fourth-order valence-electron chi connectivity index (χ4n) is 2.51. The zero-order valence-electron chi connectivity index (χ0n) is 10.6. The summed E-state index contributed by atoms with van der Waals surface area (Å²) in [4.78, 5) is 0. The van der Waals surface area contributed by atoms with Gasteiger partial charge in [-0.05, 0) is 37.3 Å². The van der Waals surface area contributed by atoms with E-state index >= 15 is 0 Å². The van der Waals surface area contributed by atoms with Gasteiger partial charge < -0.3 is 5.32 Å². The Labute approximate surface area is 106 Å². The molecule has 1 aromatic rings. The molecule has 2 unspecified atom stereocenters. The van der Waals surface area contributed by atoms with Gasteiger partial charge in [-0.25, -0.2) is 0 Å². The molecule has 0 radical (unpaired) electrons. The first-order valence-electron chi connectivity index (χ1n) is 6.28. The molecule has 0 bridgehead atoms. The van der Waals surface area contributed by atoms with Crippen molar-refractivity contribution in [3.63, 3.8) is 0 Å². The summed E-state index contributed by atoms with van der Waals surface area (Å²) < 4.78 is 11.0. The Morgan fingerprint density at radius 3 is 2.47 bits per heavy atom. The Hall–Kier alpha value is -0.670. The maximum atomic E-state index is 11.0. The third-order valence-corrected chi connectivity index (χ3v) is 4.22. The molecule has 17 heavy (non-hydrogen) atoms. The highest BCUT2D eigenvalue weighted by Crippen LogP contribution is 2.22. The molecule has 1 N–H and O–H groups in total. The summed E-state index contributed by atoms with van der Waals surface area (Å²) in [6.45, 7) is 2.19. The number of hydrogen-bond acceptors (Lipinski definition) is 2. The lowest BCUT2D eigenvalue weighted by atomic mass is 10.1. The van der Waals surface area contributed by atoms with Crippen LogP contribution in [0.15, 0.2) is 24.3 Å². The maximum Gasteiger partial charge on any atom is 0.0246 e. The fourth-order valence-corrected chi connectivity index (χ4v) is 3.19. The quantitative estimate of drug-likeness (QED) is 0.866. The third kappa shape index (κ3) is 3.65. The summed E-state index contributed by atoms with van der Waals surface area (Å²) in [7, 11) is -0.669. The monoisotopic (exact) mass is 251 g/mol. The summed E-state index contributed by atoms with van der Waals surface area (Å²) in [5, 5.41) is 3.65. The van der Waals surface area contributed by atoms with Crippen LogP contribution < -0.4 is 5.32 Å². The second kappa shape index (κ2) is 5.78. The molecule has 0 saturated carbocycles. The van der Waals surface area contributed by atoms with Gasteiger partial charge in [-0.15, -0.1) is 0 Å². The van der Waals surface area contributed by atoms with E-state index < -0.39 is 10.8 Å². The van der Waals surface area contributed by atoms with Crippen LogP contribution in [0.2, 0.25) is 0 Å². The Bertz CT molecular complexity index is 380. The van der Waals surface area contributed by atoms with Gasteiger partial charge in [0.25, 0.3) is 0 Å². The largest absolute Gasteiger partial charge is 0.311 e. The molecule has 1 aliphatic rings. The van der Waals surface area contributed by atoms with Gasteiger partial charge in [-0.3, -0.25) is 4.21 Å². The number of nitrogens with one attached hydrogen (secondary N) is 1. The molecule has 0 fully saturated rings. The van der Waals surface area contributed by atoms with E-state index in [0.717, 1.165) is 25.0 Å². The van der Waals surface area contributed by atoms with Gasteiger partial charge in [0.1, 0.15) is 0 Å². The lowest BCUT2D eigenvalue weighted by molar-refractivity contribution is 0.448. The van der Waals surface area contributed by atoms with Crippen molar-refractivity contribution in [2.45, 2.75) is 38.3 Å². The van der Waals surface area contributed by atoms with Crippen molar-refractivity contribution in [3.8, 4) is 0 Å². The molecule has 1 aliphatic carbocycles. The van der Waals surface area contributed by atoms with E-state index in [4.69, 9.17) is 0 Å². The second-order valence-corrected chi connectivity index (χ2v) is 6.56. The zero-order chi connectivity index (χ0) is 12.3. The van der Waals surface area contributed by atoms with E-state index in [0.29, 0.717) is 12.1 Å². The van der Waals surface area contributed by atoms with Crippen LogP contribution in [-0.4, -0.2) is 28.3 Å². The van der Waals surface area contributed by atoms with E-state index in [2.05, 4.69) is 36.5 Å². The topological polar surface area (TPSA) is 29.1 Å². The molecule has 0 saturated heterocycles. The second-order valence-electron chi connectivity index (χ2n) is 5.01. The molecular weight excluding hydrogens is 230 g/mol. The SMILES string of the molecule is CC(CCS(C)=O)NC1Cc2ccccc2C1. The molecule has 94 valence electrons. The van der Waals surface area contributed by atoms with Gasteiger partial charge in [0.05, 0.1) is 0 Å². The number of rotatable bonds is 5. The molecule has 0 spiro atoms. The molecule has 0 heterocycles. The summed E-state index contributed by atoms with van der Waals surface area (Å²) in [6, 6.07) is 9.70. The Balaban J connectivity index is 1.81. The van der Waals surface area contributed by atoms with Crippen molar-refractivity contribution in [1.82, 2.24) is 5.32 Å². The van der Waals surface area contributed by atoms with E-state index in [9.17, 15) is 4.21 Å². The Morgan fingerprint density at radius 2 is 1.94 bits per heavy atom. The van der Waals surface area contributed by atoms with Crippen molar-refractivity contribution >= 4 is 10.8 Å². The molecule has 2 nitrogen and oxygen atoms in total. The zero-order valence-corrected chi connectivity index (χ0v) is 11.4. The minimum atomic E-state index is -0.669. The van der Waals surface area contributed by atoms with Crippen molar-refractivity contribution < 1.29 is 4.21 Å².